The molecule has 10 aromatic rings. The zero-order valence-electron chi connectivity index (χ0n) is 25.9. The predicted octanol–water partition coefficient (Wildman–Crippen LogP) is 13.2. The quantitative estimate of drug-likeness (QED) is 0.181. The largest absolute Gasteiger partial charge is 0.456 e. The normalized spacial score (nSPS) is 11.8. The van der Waals surface area contributed by atoms with Crippen molar-refractivity contribution in [3.63, 3.8) is 0 Å². The van der Waals surface area contributed by atoms with Gasteiger partial charge in [0.1, 0.15) is 16.2 Å². The van der Waals surface area contributed by atoms with E-state index in [0.29, 0.717) is 0 Å². The highest BCUT2D eigenvalue weighted by Crippen LogP contribution is 2.47. The molecule has 2 aromatic heterocycles. The first-order valence-electron chi connectivity index (χ1n) is 16.2. The molecule has 10 rings (SSSR count). The zero-order chi connectivity index (χ0) is 31.6. The number of benzene rings is 8. The molecule has 0 saturated heterocycles. The van der Waals surface area contributed by atoms with Gasteiger partial charge in [-0.25, -0.2) is 4.98 Å². The molecule has 0 N–H and O–H groups in total. The first kappa shape index (κ1) is 27.1. The van der Waals surface area contributed by atoms with Crippen LogP contribution in [0.2, 0.25) is 0 Å². The van der Waals surface area contributed by atoms with Crippen molar-refractivity contribution in [3.8, 4) is 44.0 Å². The summed E-state index contributed by atoms with van der Waals surface area (Å²) in [6.07, 6.45) is 0. The van der Waals surface area contributed by atoms with Crippen LogP contribution in [0, 0.1) is 0 Å². The number of aromatic nitrogens is 1. The zero-order valence-corrected chi connectivity index (χ0v) is 26.7. The van der Waals surface area contributed by atoms with Crippen LogP contribution >= 0.6 is 11.3 Å². The molecule has 0 saturated carbocycles. The third-order valence-electron chi connectivity index (χ3n) is 9.52. The van der Waals surface area contributed by atoms with Crippen molar-refractivity contribution in [2.45, 2.75) is 0 Å². The number of hydrogen-bond acceptors (Lipinski definition) is 3. The second-order valence-corrected chi connectivity index (χ2v) is 13.3. The van der Waals surface area contributed by atoms with E-state index in [1.165, 1.54) is 54.1 Å². The predicted molar refractivity (Wildman–Crippen MR) is 204 cm³/mol. The molecule has 0 unspecified atom stereocenters. The Hall–Kier alpha value is -6.03. The van der Waals surface area contributed by atoms with Crippen molar-refractivity contribution in [3.05, 3.63) is 164 Å². The first-order valence-corrected chi connectivity index (χ1v) is 17.0. The van der Waals surface area contributed by atoms with E-state index in [-0.39, 0.29) is 0 Å². The van der Waals surface area contributed by atoms with Gasteiger partial charge in [0.2, 0.25) is 0 Å². The fraction of sp³-hybridized carbons (Fsp3) is 0. The van der Waals surface area contributed by atoms with Crippen LogP contribution in [0.15, 0.2) is 168 Å². The Morgan fingerprint density at radius 3 is 1.77 bits per heavy atom. The highest BCUT2D eigenvalue weighted by atomic mass is 32.1. The molecule has 8 aromatic carbocycles. The van der Waals surface area contributed by atoms with Gasteiger partial charge in [-0.05, 0) is 91.3 Å². The Morgan fingerprint density at radius 2 is 1.02 bits per heavy atom. The van der Waals surface area contributed by atoms with Gasteiger partial charge in [-0.2, -0.15) is 0 Å². The molecule has 0 aliphatic carbocycles. The molecule has 0 spiro atoms. The topological polar surface area (TPSA) is 26.0 Å². The van der Waals surface area contributed by atoms with Crippen molar-refractivity contribution >= 4 is 65.0 Å². The number of furan rings is 1. The second kappa shape index (κ2) is 10.8. The van der Waals surface area contributed by atoms with Crippen LogP contribution in [0.1, 0.15) is 0 Å². The fourth-order valence-electron chi connectivity index (χ4n) is 7.35. The number of hydrogen-bond donors (Lipinski definition) is 0. The van der Waals surface area contributed by atoms with E-state index in [1.807, 2.05) is 0 Å². The molecule has 48 heavy (non-hydrogen) atoms. The monoisotopic (exact) mass is 629 g/mol. The summed E-state index contributed by atoms with van der Waals surface area (Å²) in [4.78, 5) is 5.07. The summed E-state index contributed by atoms with van der Waals surface area (Å²) in [5.74, 6) is 0. The van der Waals surface area contributed by atoms with Crippen LogP contribution < -0.4 is 0 Å². The number of nitrogens with zero attached hydrogens (tertiary/aromatic N) is 1. The van der Waals surface area contributed by atoms with E-state index < -0.39 is 0 Å². The molecule has 0 aliphatic rings. The van der Waals surface area contributed by atoms with Gasteiger partial charge in [0.15, 0.2) is 0 Å². The Balaban J connectivity index is 1.20. The van der Waals surface area contributed by atoms with Gasteiger partial charge in [0.05, 0.1) is 10.2 Å². The lowest BCUT2D eigenvalue weighted by molar-refractivity contribution is 0.669. The van der Waals surface area contributed by atoms with Crippen LogP contribution in [0.5, 0.6) is 0 Å². The van der Waals surface area contributed by atoms with E-state index in [2.05, 4.69) is 164 Å². The molecule has 2 heterocycles. The third-order valence-corrected chi connectivity index (χ3v) is 10.6. The number of para-hydroxylation sites is 1. The van der Waals surface area contributed by atoms with Crippen LogP contribution in [0.4, 0.5) is 0 Å². The van der Waals surface area contributed by atoms with E-state index >= 15 is 0 Å². The van der Waals surface area contributed by atoms with Gasteiger partial charge in [0.25, 0.3) is 0 Å². The van der Waals surface area contributed by atoms with Crippen LogP contribution in [0.3, 0.4) is 0 Å². The van der Waals surface area contributed by atoms with Gasteiger partial charge >= 0.3 is 0 Å². The summed E-state index contributed by atoms with van der Waals surface area (Å²) in [5.41, 5.74) is 11.2. The summed E-state index contributed by atoms with van der Waals surface area (Å²) in [5, 5.41) is 8.17. The number of rotatable bonds is 4. The fourth-order valence-corrected chi connectivity index (χ4v) is 8.35. The molecular weight excluding hydrogens is 603 g/mol. The van der Waals surface area contributed by atoms with E-state index in [4.69, 9.17) is 9.40 Å². The lowest BCUT2D eigenvalue weighted by Gasteiger charge is -2.19. The molecule has 0 radical (unpaired) electrons. The minimum atomic E-state index is 0.895. The van der Waals surface area contributed by atoms with Gasteiger partial charge in [-0.15, -0.1) is 11.3 Å². The van der Waals surface area contributed by atoms with E-state index in [9.17, 15) is 0 Å². The maximum absolute atomic E-state index is 6.51. The van der Waals surface area contributed by atoms with Gasteiger partial charge in [-0.3, -0.25) is 0 Å². The molecule has 2 nitrogen and oxygen atoms in total. The summed E-state index contributed by atoms with van der Waals surface area (Å²) in [6, 6.07) is 58.5. The summed E-state index contributed by atoms with van der Waals surface area (Å²) in [6.45, 7) is 0. The standard InChI is InChI=1S/C45H27NOS/c1-2-12-28(13-3-1)29-23-25-40-38(26-29)31-24-22-30(27-41(31)47-40)43-32-14-4-6-16-34(32)44(35-17-7-5-15-33(35)43)36-18-8-9-19-37(36)45-46-39-20-10-11-21-42(39)48-45/h1-27H. The van der Waals surface area contributed by atoms with Gasteiger partial charge in [0, 0.05) is 16.3 Å². The molecular formula is C45H27NOS. The average molecular weight is 630 g/mol. The third kappa shape index (κ3) is 4.22. The lowest BCUT2D eigenvalue weighted by Crippen LogP contribution is -1.92. The average Bonchev–Trinajstić information content (AvgIpc) is 3.75. The van der Waals surface area contributed by atoms with Gasteiger partial charge in [-0.1, -0.05) is 127 Å². The van der Waals surface area contributed by atoms with E-state index in [0.717, 1.165) is 43.6 Å². The van der Waals surface area contributed by atoms with E-state index in [1.54, 1.807) is 11.3 Å². The highest BCUT2D eigenvalue weighted by Gasteiger charge is 2.20. The van der Waals surface area contributed by atoms with Crippen LogP contribution in [0.25, 0.3) is 97.7 Å². The van der Waals surface area contributed by atoms with Crippen molar-refractivity contribution in [2.24, 2.45) is 0 Å². The summed E-state index contributed by atoms with van der Waals surface area (Å²) >= 11 is 1.75. The van der Waals surface area contributed by atoms with Crippen LogP contribution in [-0.4, -0.2) is 4.98 Å². The summed E-state index contributed by atoms with van der Waals surface area (Å²) < 4.78 is 7.71. The second-order valence-electron chi connectivity index (χ2n) is 12.3. The lowest BCUT2D eigenvalue weighted by atomic mass is 9.84. The Morgan fingerprint density at radius 1 is 0.396 bits per heavy atom. The van der Waals surface area contributed by atoms with Crippen molar-refractivity contribution in [1.82, 2.24) is 4.98 Å². The molecule has 0 amide bonds. The van der Waals surface area contributed by atoms with Crippen molar-refractivity contribution in [2.75, 3.05) is 0 Å². The minimum Gasteiger partial charge on any atom is -0.456 e. The minimum absolute atomic E-state index is 0.895. The molecule has 0 aliphatic heterocycles. The van der Waals surface area contributed by atoms with Gasteiger partial charge < -0.3 is 4.42 Å². The molecule has 3 heteroatoms. The molecule has 0 atom stereocenters. The highest BCUT2D eigenvalue weighted by molar-refractivity contribution is 7.21. The Bertz CT molecular complexity index is 2750. The Labute approximate surface area is 281 Å². The number of thiazole rings is 1. The Kier molecular flexibility index (Phi) is 6.08. The first-order chi connectivity index (χ1) is 23.8. The molecule has 0 fully saturated rings. The van der Waals surface area contributed by atoms with Crippen molar-refractivity contribution < 1.29 is 4.42 Å². The SMILES string of the molecule is c1ccc(-c2ccc3oc4cc(-c5c6ccccc6c(-c6ccccc6-c6nc7ccccc7s6)c6ccccc56)ccc4c3c2)cc1. The molecule has 224 valence electrons. The smallest absolute Gasteiger partial charge is 0.136 e. The van der Waals surface area contributed by atoms with Crippen molar-refractivity contribution in [1.29, 1.82) is 0 Å². The van der Waals surface area contributed by atoms with Crippen LogP contribution in [-0.2, 0) is 0 Å². The number of fused-ring (bicyclic) bond motifs is 6. The maximum Gasteiger partial charge on any atom is 0.136 e. The maximum atomic E-state index is 6.51. The molecule has 0 bridgehead atoms. The summed E-state index contributed by atoms with van der Waals surface area (Å²) in [7, 11) is 0.